The molecule has 0 amide bonds. The van der Waals surface area contributed by atoms with Crippen LogP contribution in [0.2, 0.25) is 0 Å². The lowest BCUT2D eigenvalue weighted by Gasteiger charge is -2.39. The summed E-state index contributed by atoms with van der Waals surface area (Å²) < 4.78 is 5.32. The molecule has 1 unspecified atom stereocenters. The van der Waals surface area contributed by atoms with Gasteiger partial charge in [-0.1, -0.05) is 0 Å². The van der Waals surface area contributed by atoms with Gasteiger partial charge in [0.05, 0.1) is 19.0 Å². The maximum absolute atomic E-state index is 8.20. The molecule has 1 atom stereocenters. The number of nitrogens with one attached hydrogen (secondary N) is 1. The standard InChI is InChI=1S/C12H24N4O/c1-14-3-4-15(2)11(10-14)9-12(13)16-5-7-17-8-6-16/h11,13H,3-10H2,1-2H3. The molecule has 0 spiro atoms. The average Bonchev–Trinajstić information content (AvgIpc) is 2.35. The maximum atomic E-state index is 8.20. The van der Waals surface area contributed by atoms with E-state index in [0.717, 1.165) is 58.2 Å². The van der Waals surface area contributed by atoms with E-state index >= 15 is 0 Å². The van der Waals surface area contributed by atoms with Crippen LogP contribution in [0.1, 0.15) is 6.42 Å². The fourth-order valence-electron chi connectivity index (χ4n) is 2.51. The van der Waals surface area contributed by atoms with Crippen molar-refractivity contribution in [2.45, 2.75) is 12.5 Å². The second-order valence-electron chi connectivity index (χ2n) is 5.15. The third-order valence-electron chi connectivity index (χ3n) is 3.80. The Morgan fingerprint density at radius 2 is 1.88 bits per heavy atom. The van der Waals surface area contributed by atoms with Crippen LogP contribution in [0.4, 0.5) is 0 Å². The van der Waals surface area contributed by atoms with Gasteiger partial charge in [-0.05, 0) is 14.1 Å². The SMILES string of the molecule is CN1CCN(C)C(CC(=N)N2CCOCC2)C1. The molecule has 1 N–H and O–H groups in total. The summed E-state index contributed by atoms with van der Waals surface area (Å²) in [4.78, 5) is 6.90. The Morgan fingerprint density at radius 1 is 1.18 bits per heavy atom. The lowest BCUT2D eigenvalue weighted by Crippen LogP contribution is -2.52. The van der Waals surface area contributed by atoms with Gasteiger partial charge >= 0.3 is 0 Å². The molecule has 5 heteroatoms. The molecule has 0 aromatic heterocycles. The van der Waals surface area contributed by atoms with E-state index in [0.29, 0.717) is 6.04 Å². The zero-order valence-corrected chi connectivity index (χ0v) is 11.0. The van der Waals surface area contributed by atoms with E-state index in [2.05, 4.69) is 28.8 Å². The molecule has 17 heavy (non-hydrogen) atoms. The predicted octanol–water partition coefficient (Wildman–Crippen LogP) is -0.0682. The molecule has 0 radical (unpaired) electrons. The number of amidine groups is 1. The lowest BCUT2D eigenvalue weighted by atomic mass is 10.1. The van der Waals surface area contributed by atoms with Gasteiger partial charge in [0.15, 0.2) is 0 Å². The minimum atomic E-state index is 0.490. The molecule has 0 aliphatic carbocycles. The summed E-state index contributed by atoms with van der Waals surface area (Å²) in [5.74, 6) is 0.778. The monoisotopic (exact) mass is 240 g/mol. The highest BCUT2D eigenvalue weighted by atomic mass is 16.5. The van der Waals surface area contributed by atoms with Crippen LogP contribution in [-0.4, -0.2) is 86.6 Å². The minimum Gasteiger partial charge on any atom is -0.378 e. The summed E-state index contributed by atoms with van der Waals surface area (Å²) >= 11 is 0. The summed E-state index contributed by atoms with van der Waals surface area (Å²) in [6.07, 6.45) is 0.862. The van der Waals surface area contributed by atoms with Gasteiger partial charge in [-0.15, -0.1) is 0 Å². The van der Waals surface area contributed by atoms with Gasteiger partial charge in [-0.3, -0.25) is 5.41 Å². The highest BCUT2D eigenvalue weighted by molar-refractivity contribution is 5.79. The Morgan fingerprint density at radius 3 is 2.59 bits per heavy atom. The molecule has 0 bridgehead atoms. The predicted molar refractivity (Wildman–Crippen MR) is 68.7 cm³/mol. The number of hydrogen-bond donors (Lipinski definition) is 1. The minimum absolute atomic E-state index is 0.490. The summed E-state index contributed by atoms with van der Waals surface area (Å²) in [5, 5.41) is 8.20. The fourth-order valence-corrected chi connectivity index (χ4v) is 2.51. The molecule has 98 valence electrons. The summed E-state index contributed by atoms with van der Waals surface area (Å²) in [5.41, 5.74) is 0. The van der Waals surface area contributed by atoms with Crippen molar-refractivity contribution in [2.24, 2.45) is 0 Å². The second kappa shape index (κ2) is 5.80. The zero-order chi connectivity index (χ0) is 12.3. The molecule has 0 aromatic rings. The van der Waals surface area contributed by atoms with Crippen LogP contribution in [0.5, 0.6) is 0 Å². The lowest BCUT2D eigenvalue weighted by molar-refractivity contribution is 0.0641. The van der Waals surface area contributed by atoms with Gasteiger partial charge in [-0.2, -0.15) is 0 Å². The third-order valence-corrected chi connectivity index (χ3v) is 3.80. The molecule has 2 fully saturated rings. The van der Waals surface area contributed by atoms with Crippen LogP contribution in [-0.2, 0) is 4.74 Å². The summed E-state index contributed by atoms with van der Waals surface area (Å²) in [6, 6.07) is 0.490. The van der Waals surface area contributed by atoms with Crippen LogP contribution in [0.25, 0.3) is 0 Å². The number of rotatable bonds is 2. The molecule has 2 aliphatic rings. The molecular weight excluding hydrogens is 216 g/mol. The second-order valence-corrected chi connectivity index (χ2v) is 5.15. The van der Waals surface area contributed by atoms with E-state index in [9.17, 15) is 0 Å². The molecular formula is C12H24N4O. The van der Waals surface area contributed by atoms with Crippen molar-refractivity contribution >= 4 is 5.84 Å². The highest BCUT2D eigenvalue weighted by Crippen LogP contribution is 2.12. The number of hydrogen-bond acceptors (Lipinski definition) is 4. The van der Waals surface area contributed by atoms with E-state index in [1.165, 1.54) is 0 Å². The largest absolute Gasteiger partial charge is 0.378 e. The summed E-state index contributed by atoms with van der Waals surface area (Å²) in [6.45, 7) is 6.61. The molecule has 2 aliphatic heterocycles. The van der Waals surface area contributed by atoms with Crippen molar-refractivity contribution in [3.8, 4) is 0 Å². The third kappa shape index (κ3) is 3.40. The first-order valence-corrected chi connectivity index (χ1v) is 6.45. The van der Waals surface area contributed by atoms with Crippen LogP contribution >= 0.6 is 0 Å². The average molecular weight is 240 g/mol. The van der Waals surface area contributed by atoms with Gasteiger partial charge in [0.25, 0.3) is 0 Å². The van der Waals surface area contributed by atoms with Crippen molar-refractivity contribution in [3.05, 3.63) is 0 Å². The van der Waals surface area contributed by atoms with Crippen molar-refractivity contribution in [1.29, 1.82) is 5.41 Å². The van der Waals surface area contributed by atoms with E-state index < -0.39 is 0 Å². The van der Waals surface area contributed by atoms with Gasteiger partial charge in [0.1, 0.15) is 0 Å². The van der Waals surface area contributed by atoms with Crippen LogP contribution in [0.3, 0.4) is 0 Å². The molecule has 0 aromatic carbocycles. The number of piperazine rings is 1. The van der Waals surface area contributed by atoms with Crippen LogP contribution < -0.4 is 0 Å². The summed E-state index contributed by atoms with van der Waals surface area (Å²) in [7, 11) is 4.34. The number of ether oxygens (including phenoxy) is 1. The first-order valence-electron chi connectivity index (χ1n) is 6.45. The normalized spacial score (nSPS) is 28.4. The smallest absolute Gasteiger partial charge is 0.0975 e. The highest BCUT2D eigenvalue weighted by Gasteiger charge is 2.25. The van der Waals surface area contributed by atoms with E-state index in [1.807, 2.05) is 0 Å². The first kappa shape index (κ1) is 12.8. The zero-order valence-electron chi connectivity index (χ0n) is 11.0. The van der Waals surface area contributed by atoms with Gasteiger partial charge in [-0.25, -0.2) is 0 Å². The molecule has 2 saturated heterocycles. The Bertz CT molecular complexity index is 265. The van der Waals surface area contributed by atoms with Crippen LogP contribution in [0, 0.1) is 5.41 Å². The fraction of sp³-hybridized carbons (Fsp3) is 0.917. The Balaban J connectivity index is 1.83. The van der Waals surface area contributed by atoms with Crippen molar-refractivity contribution in [2.75, 3.05) is 60.0 Å². The topological polar surface area (TPSA) is 42.8 Å². The Hall–Kier alpha value is -0.650. The van der Waals surface area contributed by atoms with Gasteiger partial charge in [0.2, 0.25) is 0 Å². The van der Waals surface area contributed by atoms with Gasteiger partial charge < -0.3 is 19.4 Å². The maximum Gasteiger partial charge on any atom is 0.0975 e. The number of likely N-dealkylation sites (N-methyl/N-ethyl adjacent to an activating group) is 2. The van der Waals surface area contributed by atoms with E-state index in [-0.39, 0.29) is 0 Å². The van der Waals surface area contributed by atoms with Crippen LogP contribution in [0.15, 0.2) is 0 Å². The van der Waals surface area contributed by atoms with Gasteiger partial charge in [0, 0.05) is 45.2 Å². The molecule has 0 saturated carbocycles. The number of nitrogens with zero attached hydrogens (tertiary/aromatic N) is 3. The van der Waals surface area contributed by atoms with E-state index in [1.54, 1.807) is 0 Å². The Labute approximate surface area is 104 Å². The molecule has 2 rings (SSSR count). The van der Waals surface area contributed by atoms with E-state index in [4.69, 9.17) is 10.1 Å². The Kier molecular flexibility index (Phi) is 4.36. The van der Waals surface area contributed by atoms with Crippen molar-refractivity contribution in [1.82, 2.24) is 14.7 Å². The molecule has 5 nitrogen and oxygen atoms in total. The number of morpholine rings is 1. The first-order chi connectivity index (χ1) is 8.16. The molecule has 2 heterocycles. The quantitative estimate of drug-likeness (QED) is 0.542. The van der Waals surface area contributed by atoms with Crippen molar-refractivity contribution in [3.63, 3.8) is 0 Å². The van der Waals surface area contributed by atoms with Crippen molar-refractivity contribution < 1.29 is 4.74 Å².